The van der Waals surface area contributed by atoms with Crippen molar-refractivity contribution in [3.63, 3.8) is 0 Å². The van der Waals surface area contributed by atoms with Crippen LogP contribution >= 0.6 is 11.6 Å². The second kappa shape index (κ2) is 6.88. The zero-order valence-corrected chi connectivity index (χ0v) is 14.3. The van der Waals surface area contributed by atoms with Crippen LogP contribution in [0.15, 0.2) is 42.9 Å². The fourth-order valence-electron chi connectivity index (χ4n) is 2.42. The highest BCUT2D eigenvalue weighted by molar-refractivity contribution is 6.31. The molecule has 7 heteroatoms. The summed E-state index contributed by atoms with van der Waals surface area (Å²) in [5, 5.41) is 12.1. The number of anilines is 1. The van der Waals surface area contributed by atoms with Crippen molar-refractivity contribution in [2.75, 3.05) is 5.32 Å². The monoisotopic (exact) mass is 343 g/mol. The Morgan fingerprint density at radius 2 is 2.04 bits per heavy atom. The van der Waals surface area contributed by atoms with Crippen molar-refractivity contribution in [3.05, 3.63) is 64.7 Å². The summed E-state index contributed by atoms with van der Waals surface area (Å²) in [7, 11) is 0. The first-order valence-electron chi connectivity index (χ1n) is 7.68. The number of hydrogen-bond acceptors (Lipinski definition) is 3. The van der Waals surface area contributed by atoms with Crippen molar-refractivity contribution >= 4 is 23.2 Å². The van der Waals surface area contributed by atoms with E-state index < -0.39 is 0 Å². The van der Waals surface area contributed by atoms with Crippen molar-refractivity contribution < 1.29 is 4.79 Å². The van der Waals surface area contributed by atoms with E-state index in [-0.39, 0.29) is 5.91 Å². The zero-order chi connectivity index (χ0) is 17.1. The van der Waals surface area contributed by atoms with Gasteiger partial charge in [-0.05, 0) is 25.5 Å². The highest BCUT2D eigenvalue weighted by Crippen LogP contribution is 2.17. The molecule has 0 radical (unpaired) electrons. The number of nitrogens with zero attached hydrogens (tertiary/aromatic N) is 4. The van der Waals surface area contributed by atoms with E-state index in [0.29, 0.717) is 28.5 Å². The van der Waals surface area contributed by atoms with E-state index in [0.717, 1.165) is 12.1 Å². The van der Waals surface area contributed by atoms with Gasteiger partial charge in [0.15, 0.2) is 0 Å². The summed E-state index contributed by atoms with van der Waals surface area (Å²) in [6.07, 6.45) is 5.15. The molecule has 0 saturated heterocycles. The molecule has 3 aromatic rings. The molecule has 24 heavy (non-hydrogen) atoms. The lowest BCUT2D eigenvalue weighted by Gasteiger charge is -2.04. The minimum absolute atomic E-state index is 0.190. The molecule has 2 heterocycles. The Labute approximate surface area is 145 Å². The van der Waals surface area contributed by atoms with Gasteiger partial charge in [-0.25, -0.2) is 0 Å². The van der Waals surface area contributed by atoms with Gasteiger partial charge >= 0.3 is 0 Å². The highest BCUT2D eigenvalue weighted by Gasteiger charge is 2.14. The molecule has 1 aromatic carbocycles. The molecule has 0 bridgehead atoms. The SMILES string of the molecule is CCn1cc(C(=O)Nc2cnn(Cc3ccccc3Cl)c2)c(C)n1. The second-order valence-corrected chi connectivity index (χ2v) is 5.86. The maximum Gasteiger partial charge on any atom is 0.259 e. The lowest BCUT2D eigenvalue weighted by molar-refractivity contribution is 0.102. The molecule has 0 atom stereocenters. The zero-order valence-electron chi connectivity index (χ0n) is 13.5. The van der Waals surface area contributed by atoms with Gasteiger partial charge < -0.3 is 5.32 Å². The average Bonchev–Trinajstić information content (AvgIpc) is 3.16. The Bertz CT molecular complexity index is 868. The van der Waals surface area contributed by atoms with Crippen molar-refractivity contribution in [3.8, 4) is 0 Å². The number of hydrogen-bond donors (Lipinski definition) is 1. The first kappa shape index (κ1) is 16.3. The molecule has 1 amide bonds. The van der Waals surface area contributed by atoms with Gasteiger partial charge in [-0.15, -0.1) is 0 Å². The topological polar surface area (TPSA) is 64.7 Å². The normalized spacial score (nSPS) is 10.8. The number of aromatic nitrogens is 4. The minimum Gasteiger partial charge on any atom is -0.319 e. The number of carbonyl (C=O) groups is 1. The number of halogens is 1. The first-order chi connectivity index (χ1) is 11.6. The molecule has 0 fully saturated rings. The van der Waals surface area contributed by atoms with Crippen molar-refractivity contribution in [2.45, 2.75) is 26.9 Å². The Morgan fingerprint density at radius 1 is 1.25 bits per heavy atom. The van der Waals surface area contributed by atoms with Crippen LogP contribution in [0.4, 0.5) is 5.69 Å². The van der Waals surface area contributed by atoms with Crippen LogP contribution in [-0.4, -0.2) is 25.5 Å². The third kappa shape index (κ3) is 3.49. The maximum absolute atomic E-state index is 12.4. The fourth-order valence-corrected chi connectivity index (χ4v) is 2.61. The number of aryl methyl sites for hydroxylation is 2. The van der Waals surface area contributed by atoms with Gasteiger partial charge in [-0.3, -0.25) is 14.2 Å². The van der Waals surface area contributed by atoms with Gasteiger partial charge in [0.2, 0.25) is 0 Å². The summed E-state index contributed by atoms with van der Waals surface area (Å²) < 4.78 is 3.48. The van der Waals surface area contributed by atoms with Gasteiger partial charge in [0.1, 0.15) is 0 Å². The van der Waals surface area contributed by atoms with Gasteiger partial charge in [-0.2, -0.15) is 10.2 Å². The van der Waals surface area contributed by atoms with Gasteiger partial charge in [0.05, 0.1) is 29.7 Å². The Kier molecular flexibility index (Phi) is 4.66. The van der Waals surface area contributed by atoms with Crippen molar-refractivity contribution in [2.24, 2.45) is 0 Å². The van der Waals surface area contributed by atoms with E-state index in [1.165, 1.54) is 0 Å². The number of nitrogens with one attached hydrogen (secondary N) is 1. The summed E-state index contributed by atoms with van der Waals surface area (Å²) in [6, 6.07) is 7.61. The third-order valence-electron chi connectivity index (χ3n) is 3.70. The first-order valence-corrected chi connectivity index (χ1v) is 8.06. The van der Waals surface area contributed by atoms with E-state index in [4.69, 9.17) is 11.6 Å². The third-order valence-corrected chi connectivity index (χ3v) is 4.06. The molecular formula is C17H18ClN5O. The molecule has 3 rings (SSSR count). The lowest BCUT2D eigenvalue weighted by atomic mass is 10.2. The van der Waals surface area contributed by atoms with Crippen LogP contribution in [-0.2, 0) is 13.1 Å². The van der Waals surface area contributed by atoms with Crippen LogP contribution in [0.1, 0.15) is 28.5 Å². The molecule has 0 saturated carbocycles. The lowest BCUT2D eigenvalue weighted by Crippen LogP contribution is -2.12. The molecule has 1 N–H and O–H groups in total. The van der Waals surface area contributed by atoms with E-state index in [1.807, 2.05) is 38.1 Å². The Hall–Kier alpha value is -2.60. The van der Waals surface area contributed by atoms with E-state index in [1.54, 1.807) is 28.0 Å². The highest BCUT2D eigenvalue weighted by atomic mass is 35.5. The number of rotatable bonds is 5. The summed E-state index contributed by atoms with van der Waals surface area (Å²) in [4.78, 5) is 12.4. The number of benzene rings is 1. The quantitative estimate of drug-likeness (QED) is 0.772. The van der Waals surface area contributed by atoms with E-state index in [9.17, 15) is 4.79 Å². The molecule has 0 unspecified atom stereocenters. The summed E-state index contributed by atoms with van der Waals surface area (Å²) in [6.45, 7) is 5.07. The Balaban J connectivity index is 1.70. The van der Waals surface area contributed by atoms with Crippen molar-refractivity contribution in [1.29, 1.82) is 0 Å². The van der Waals surface area contributed by atoms with Gasteiger partial charge in [0, 0.05) is 24.0 Å². The molecule has 0 spiro atoms. The molecule has 2 aromatic heterocycles. The summed E-state index contributed by atoms with van der Waals surface area (Å²) in [5.74, 6) is -0.190. The average molecular weight is 344 g/mol. The molecule has 124 valence electrons. The number of carbonyl (C=O) groups excluding carboxylic acids is 1. The Morgan fingerprint density at radius 3 is 2.75 bits per heavy atom. The van der Waals surface area contributed by atoms with Crippen LogP contribution in [0, 0.1) is 6.92 Å². The van der Waals surface area contributed by atoms with Crippen LogP contribution in [0.3, 0.4) is 0 Å². The smallest absolute Gasteiger partial charge is 0.259 e. The standard InChI is InChI=1S/C17H18ClN5O/c1-3-22-11-15(12(2)21-22)17(24)20-14-8-19-23(10-14)9-13-6-4-5-7-16(13)18/h4-8,10-11H,3,9H2,1-2H3,(H,20,24). The molecular weight excluding hydrogens is 326 g/mol. The van der Waals surface area contributed by atoms with Crippen LogP contribution in [0.2, 0.25) is 5.02 Å². The summed E-state index contributed by atoms with van der Waals surface area (Å²) in [5.41, 5.74) is 2.88. The van der Waals surface area contributed by atoms with Gasteiger partial charge in [-0.1, -0.05) is 29.8 Å². The molecule has 0 aliphatic carbocycles. The second-order valence-electron chi connectivity index (χ2n) is 5.46. The summed E-state index contributed by atoms with van der Waals surface area (Å²) >= 11 is 6.16. The molecule has 0 aliphatic heterocycles. The minimum atomic E-state index is -0.190. The molecule has 6 nitrogen and oxygen atoms in total. The number of amides is 1. The van der Waals surface area contributed by atoms with Crippen LogP contribution in [0.5, 0.6) is 0 Å². The van der Waals surface area contributed by atoms with Crippen LogP contribution < -0.4 is 5.32 Å². The van der Waals surface area contributed by atoms with E-state index >= 15 is 0 Å². The molecule has 0 aliphatic rings. The van der Waals surface area contributed by atoms with Gasteiger partial charge in [0.25, 0.3) is 5.91 Å². The predicted molar refractivity (Wildman–Crippen MR) is 93.4 cm³/mol. The fraction of sp³-hybridized carbons (Fsp3) is 0.235. The van der Waals surface area contributed by atoms with Crippen molar-refractivity contribution in [1.82, 2.24) is 19.6 Å². The predicted octanol–water partition coefficient (Wildman–Crippen LogP) is 3.36. The maximum atomic E-state index is 12.4. The van der Waals surface area contributed by atoms with E-state index in [2.05, 4.69) is 15.5 Å². The largest absolute Gasteiger partial charge is 0.319 e. The van der Waals surface area contributed by atoms with Crippen LogP contribution in [0.25, 0.3) is 0 Å².